The topological polar surface area (TPSA) is 92.9 Å². The van der Waals surface area contributed by atoms with Gasteiger partial charge in [-0.2, -0.15) is 5.10 Å². The van der Waals surface area contributed by atoms with Crippen molar-refractivity contribution in [1.82, 2.24) is 5.43 Å². The van der Waals surface area contributed by atoms with E-state index in [-0.39, 0.29) is 18.1 Å². The summed E-state index contributed by atoms with van der Waals surface area (Å²) in [7, 11) is 1.60. The first-order valence-electron chi connectivity index (χ1n) is 9.08. The predicted molar refractivity (Wildman–Crippen MR) is 118 cm³/mol. The third kappa shape index (κ3) is 5.81. The average molecular weight is 470 g/mol. The molecule has 0 spiro atoms. The summed E-state index contributed by atoms with van der Waals surface area (Å²) in [5, 5.41) is 6.95. The molecule has 0 saturated carbocycles. The van der Waals surface area contributed by atoms with E-state index >= 15 is 0 Å². The molecular formula is C22H20BrN3O4. The number of furan rings is 1. The van der Waals surface area contributed by atoms with Gasteiger partial charge in [-0.15, -0.1) is 0 Å². The number of carbonyl (C=O) groups is 2. The zero-order chi connectivity index (χ0) is 21.5. The lowest BCUT2D eigenvalue weighted by atomic mass is 10.1. The molecule has 30 heavy (non-hydrogen) atoms. The molecule has 1 aromatic heterocycles. The number of halogens is 1. The highest BCUT2D eigenvalue weighted by Gasteiger charge is 2.10. The second-order valence-corrected chi connectivity index (χ2v) is 7.17. The SMILES string of the molecule is COc1ccc(CC(=O)Nc2ccc(C(C)=NNC(=O)c3ccc(Br)o3)cc2)cc1. The normalized spacial score (nSPS) is 11.1. The van der Waals surface area contributed by atoms with Gasteiger partial charge in [0.15, 0.2) is 10.4 Å². The Balaban J connectivity index is 1.55. The molecule has 2 N–H and O–H groups in total. The minimum absolute atomic E-state index is 0.116. The van der Waals surface area contributed by atoms with Crippen molar-refractivity contribution in [3.8, 4) is 5.75 Å². The maximum Gasteiger partial charge on any atom is 0.307 e. The largest absolute Gasteiger partial charge is 0.497 e. The highest BCUT2D eigenvalue weighted by Crippen LogP contribution is 2.15. The van der Waals surface area contributed by atoms with E-state index in [1.807, 2.05) is 36.4 Å². The number of rotatable bonds is 7. The number of methoxy groups -OCH3 is 1. The van der Waals surface area contributed by atoms with Crippen LogP contribution in [0.4, 0.5) is 5.69 Å². The zero-order valence-corrected chi connectivity index (χ0v) is 18.0. The number of hydrogen-bond acceptors (Lipinski definition) is 5. The van der Waals surface area contributed by atoms with Crippen molar-refractivity contribution >= 4 is 39.1 Å². The number of nitrogens with zero attached hydrogens (tertiary/aromatic N) is 1. The molecule has 0 fully saturated rings. The van der Waals surface area contributed by atoms with E-state index in [1.165, 1.54) is 0 Å². The lowest BCUT2D eigenvalue weighted by Crippen LogP contribution is -2.18. The lowest BCUT2D eigenvalue weighted by molar-refractivity contribution is -0.115. The number of benzene rings is 2. The fourth-order valence-electron chi connectivity index (χ4n) is 2.62. The molecule has 2 amide bonds. The van der Waals surface area contributed by atoms with Crippen LogP contribution in [0.3, 0.4) is 0 Å². The van der Waals surface area contributed by atoms with E-state index < -0.39 is 5.91 Å². The van der Waals surface area contributed by atoms with Gasteiger partial charge in [-0.1, -0.05) is 24.3 Å². The number of ether oxygens (including phenoxy) is 1. The fraction of sp³-hybridized carbons (Fsp3) is 0.136. The summed E-state index contributed by atoms with van der Waals surface area (Å²) in [5.74, 6) is 0.353. The molecule has 0 atom stereocenters. The van der Waals surface area contributed by atoms with E-state index in [0.29, 0.717) is 16.1 Å². The Bertz CT molecular complexity index is 1060. The van der Waals surface area contributed by atoms with Crippen molar-refractivity contribution in [2.45, 2.75) is 13.3 Å². The molecule has 154 valence electrons. The third-order valence-electron chi connectivity index (χ3n) is 4.23. The number of hydrogen-bond donors (Lipinski definition) is 2. The van der Waals surface area contributed by atoms with Gasteiger partial charge in [0.2, 0.25) is 5.91 Å². The van der Waals surface area contributed by atoms with E-state index in [4.69, 9.17) is 9.15 Å². The van der Waals surface area contributed by atoms with Crippen LogP contribution in [0.1, 0.15) is 28.6 Å². The van der Waals surface area contributed by atoms with Gasteiger partial charge in [-0.05, 0) is 70.4 Å². The first-order valence-corrected chi connectivity index (χ1v) is 9.87. The maximum atomic E-state index is 12.2. The van der Waals surface area contributed by atoms with Gasteiger partial charge < -0.3 is 14.5 Å². The Morgan fingerprint density at radius 3 is 2.33 bits per heavy atom. The minimum Gasteiger partial charge on any atom is -0.497 e. The van der Waals surface area contributed by atoms with Gasteiger partial charge in [-0.3, -0.25) is 9.59 Å². The van der Waals surface area contributed by atoms with Crippen LogP contribution in [0, 0.1) is 0 Å². The van der Waals surface area contributed by atoms with E-state index in [1.54, 1.807) is 38.3 Å². The van der Waals surface area contributed by atoms with Crippen LogP contribution in [0.25, 0.3) is 0 Å². The Labute approximate surface area is 182 Å². The number of hydrazone groups is 1. The molecular weight excluding hydrogens is 450 g/mol. The number of amides is 2. The molecule has 8 heteroatoms. The standard InChI is InChI=1S/C22H20BrN3O4/c1-14(25-26-22(28)19-11-12-20(23)30-19)16-5-7-17(8-6-16)24-21(27)13-15-3-9-18(29-2)10-4-15/h3-12H,13H2,1-2H3,(H,24,27)(H,26,28). The Morgan fingerprint density at radius 1 is 1.03 bits per heavy atom. The summed E-state index contributed by atoms with van der Waals surface area (Å²) < 4.78 is 10.8. The molecule has 7 nitrogen and oxygen atoms in total. The first-order chi connectivity index (χ1) is 14.4. The van der Waals surface area contributed by atoms with E-state index in [9.17, 15) is 9.59 Å². The summed E-state index contributed by atoms with van der Waals surface area (Å²) in [6.07, 6.45) is 0.265. The van der Waals surface area contributed by atoms with Crippen LogP contribution in [-0.2, 0) is 11.2 Å². The summed E-state index contributed by atoms with van der Waals surface area (Å²) >= 11 is 3.15. The van der Waals surface area contributed by atoms with Crippen molar-refractivity contribution in [3.63, 3.8) is 0 Å². The second-order valence-electron chi connectivity index (χ2n) is 6.39. The summed E-state index contributed by atoms with van der Waals surface area (Å²) in [6.45, 7) is 1.77. The van der Waals surface area contributed by atoms with Crippen LogP contribution in [0.2, 0.25) is 0 Å². The molecule has 0 unspecified atom stereocenters. The van der Waals surface area contributed by atoms with E-state index in [2.05, 4.69) is 31.8 Å². The minimum atomic E-state index is -0.442. The Hall–Kier alpha value is -3.39. The molecule has 0 radical (unpaired) electrons. The monoisotopic (exact) mass is 469 g/mol. The molecule has 0 aliphatic carbocycles. The molecule has 1 heterocycles. The van der Waals surface area contributed by atoms with Gasteiger partial charge in [0.05, 0.1) is 19.2 Å². The number of anilines is 1. The molecule has 0 saturated heterocycles. The predicted octanol–water partition coefficient (Wildman–Crippen LogP) is 4.39. The molecule has 2 aromatic carbocycles. The molecule has 3 rings (SSSR count). The van der Waals surface area contributed by atoms with E-state index in [0.717, 1.165) is 16.9 Å². The quantitative estimate of drug-likeness (QED) is 0.396. The first kappa shape index (κ1) is 21.3. The number of nitrogens with one attached hydrogen (secondary N) is 2. The van der Waals surface area contributed by atoms with Crippen LogP contribution >= 0.6 is 15.9 Å². The van der Waals surface area contributed by atoms with Crippen LogP contribution < -0.4 is 15.5 Å². The molecule has 0 aliphatic rings. The van der Waals surface area contributed by atoms with Gasteiger partial charge in [0.1, 0.15) is 5.75 Å². The molecule has 0 bridgehead atoms. The summed E-state index contributed by atoms with van der Waals surface area (Å²) in [4.78, 5) is 24.2. The van der Waals surface area contributed by atoms with Crippen molar-refractivity contribution < 1.29 is 18.7 Å². The molecule has 3 aromatic rings. The highest BCUT2D eigenvalue weighted by atomic mass is 79.9. The van der Waals surface area contributed by atoms with Gasteiger partial charge in [0.25, 0.3) is 0 Å². The van der Waals surface area contributed by atoms with Crippen LogP contribution in [0.15, 0.2) is 74.9 Å². The Kier molecular flexibility index (Phi) is 7.03. The lowest BCUT2D eigenvalue weighted by Gasteiger charge is -2.07. The van der Waals surface area contributed by atoms with Crippen molar-refractivity contribution in [2.75, 3.05) is 12.4 Å². The molecule has 0 aliphatic heterocycles. The van der Waals surface area contributed by atoms with Crippen LogP contribution in [-0.4, -0.2) is 24.6 Å². The van der Waals surface area contributed by atoms with Crippen LogP contribution in [0.5, 0.6) is 5.75 Å². The average Bonchev–Trinajstić information content (AvgIpc) is 3.19. The van der Waals surface area contributed by atoms with Gasteiger partial charge >= 0.3 is 5.91 Å². The smallest absolute Gasteiger partial charge is 0.307 e. The fourth-order valence-corrected chi connectivity index (χ4v) is 2.93. The van der Waals surface area contributed by atoms with Crippen molar-refractivity contribution in [1.29, 1.82) is 0 Å². The highest BCUT2D eigenvalue weighted by molar-refractivity contribution is 9.10. The van der Waals surface area contributed by atoms with Crippen molar-refractivity contribution in [2.24, 2.45) is 5.10 Å². The van der Waals surface area contributed by atoms with Gasteiger partial charge in [-0.25, -0.2) is 5.43 Å². The second kappa shape index (κ2) is 9.89. The van der Waals surface area contributed by atoms with Gasteiger partial charge in [0, 0.05) is 5.69 Å². The maximum absolute atomic E-state index is 12.2. The van der Waals surface area contributed by atoms with Crippen molar-refractivity contribution in [3.05, 3.63) is 82.2 Å². The Morgan fingerprint density at radius 2 is 1.73 bits per heavy atom. The number of carbonyl (C=O) groups excluding carboxylic acids is 2. The zero-order valence-electron chi connectivity index (χ0n) is 16.4. The third-order valence-corrected chi connectivity index (χ3v) is 4.66. The summed E-state index contributed by atoms with van der Waals surface area (Å²) in [5.41, 5.74) is 5.44. The summed E-state index contributed by atoms with van der Waals surface area (Å²) in [6, 6.07) is 17.7.